The number of nitrogens with zero attached hydrogens (tertiary/aromatic N) is 3. The first-order chi connectivity index (χ1) is 16.9. The molecule has 1 saturated heterocycles. The summed E-state index contributed by atoms with van der Waals surface area (Å²) in [6.45, 7) is 3.54. The van der Waals surface area contributed by atoms with Gasteiger partial charge in [-0.2, -0.15) is 9.30 Å². The molecule has 2 aromatic carbocycles. The summed E-state index contributed by atoms with van der Waals surface area (Å²) in [7, 11) is -2.37. The number of aryl methyl sites for hydroxylation is 1. The van der Waals surface area contributed by atoms with Gasteiger partial charge < -0.3 is 9.30 Å². The predicted octanol–water partition coefficient (Wildman–Crippen LogP) is 4.16. The van der Waals surface area contributed by atoms with Crippen LogP contribution in [0.1, 0.15) is 47.2 Å². The summed E-state index contributed by atoms with van der Waals surface area (Å²) in [5, 5.41) is 0. The fourth-order valence-electron chi connectivity index (χ4n) is 4.19. The van der Waals surface area contributed by atoms with Gasteiger partial charge in [0.25, 0.3) is 5.91 Å². The highest BCUT2D eigenvalue weighted by atomic mass is 32.2. The van der Waals surface area contributed by atoms with Gasteiger partial charge in [-0.3, -0.25) is 4.79 Å². The van der Waals surface area contributed by atoms with Crippen molar-refractivity contribution in [2.45, 2.75) is 44.0 Å². The van der Waals surface area contributed by atoms with Gasteiger partial charge in [0.1, 0.15) is 16.1 Å². The smallest absolute Gasteiger partial charge is 0.278 e. The third kappa shape index (κ3) is 5.89. The van der Waals surface area contributed by atoms with Crippen molar-refractivity contribution >= 4 is 15.9 Å². The number of hydrogen-bond acceptors (Lipinski definition) is 4. The highest BCUT2D eigenvalue weighted by Crippen LogP contribution is 2.29. The maximum atomic E-state index is 13.4. The SMILES string of the molecule is COc1ccc(C(=O)N=c2ccccn2Cc2ccc(C)cc2)cc1S(=O)(=O)N1CCCCCC1. The van der Waals surface area contributed by atoms with Gasteiger partial charge in [0.15, 0.2) is 0 Å². The Kier molecular flexibility index (Phi) is 7.83. The second-order valence-electron chi connectivity index (χ2n) is 8.77. The summed E-state index contributed by atoms with van der Waals surface area (Å²) in [4.78, 5) is 17.5. The predicted molar refractivity (Wildman–Crippen MR) is 135 cm³/mol. The van der Waals surface area contributed by atoms with Crippen molar-refractivity contribution in [1.82, 2.24) is 8.87 Å². The van der Waals surface area contributed by atoms with Gasteiger partial charge in [0, 0.05) is 31.4 Å². The Balaban J connectivity index is 1.67. The topological polar surface area (TPSA) is 81.0 Å². The largest absolute Gasteiger partial charge is 0.495 e. The van der Waals surface area contributed by atoms with Crippen molar-refractivity contribution in [2.24, 2.45) is 4.99 Å². The Labute approximate surface area is 206 Å². The first kappa shape index (κ1) is 24.9. The molecule has 0 bridgehead atoms. The molecular weight excluding hydrogens is 462 g/mol. The Morgan fingerprint density at radius 3 is 2.37 bits per heavy atom. The summed E-state index contributed by atoms with van der Waals surface area (Å²) in [5.74, 6) is -0.288. The van der Waals surface area contributed by atoms with Crippen LogP contribution in [-0.4, -0.2) is 43.4 Å². The Hall–Kier alpha value is -3.23. The summed E-state index contributed by atoms with van der Waals surface area (Å²) < 4.78 is 35.6. The molecule has 2 heterocycles. The third-order valence-electron chi connectivity index (χ3n) is 6.20. The zero-order valence-corrected chi connectivity index (χ0v) is 21.0. The molecule has 0 N–H and O–H groups in total. The summed E-state index contributed by atoms with van der Waals surface area (Å²) in [6, 6.07) is 18.1. The lowest BCUT2D eigenvalue weighted by atomic mass is 10.1. The van der Waals surface area contributed by atoms with Gasteiger partial charge in [0.05, 0.1) is 7.11 Å². The van der Waals surface area contributed by atoms with Crippen LogP contribution in [0.15, 0.2) is 76.7 Å². The lowest BCUT2D eigenvalue weighted by Gasteiger charge is -2.21. The Morgan fingerprint density at radius 1 is 0.971 bits per heavy atom. The van der Waals surface area contributed by atoms with Gasteiger partial charge in [-0.15, -0.1) is 0 Å². The van der Waals surface area contributed by atoms with Crippen LogP contribution in [0.2, 0.25) is 0 Å². The molecule has 0 unspecified atom stereocenters. The number of amides is 1. The van der Waals surface area contributed by atoms with Crippen LogP contribution in [0.25, 0.3) is 0 Å². The van der Waals surface area contributed by atoms with Crippen LogP contribution in [0, 0.1) is 6.92 Å². The van der Waals surface area contributed by atoms with Crippen molar-refractivity contribution in [1.29, 1.82) is 0 Å². The highest BCUT2D eigenvalue weighted by molar-refractivity contribution is 7.89. The number of methoxy groups -OCH3 is 1. The Bertz CT molecular complexity index is 1350. The normalized spacial score (nSPS) is 15.5. The number of sulfonamides is 1. The molecule has 35 heavy (non-hydrogen) atoms. The minimum atomic E-state index is -3.80. The number of benzene rings is 2. The molecule has 1 amide bonds. The molecule has 8 heteroatoms. The molecule has 184 valence electrons. The standard InChI is InChI=1S/C27H31N3O4S/c1-21-10-12-22(13-11-21)20-29-16-8-5-9-26(29)28-27(31)23-14-15-24(34-2)25(19-23)35(32,33)30-17-6-3-4-7-18-30/h5,8-16,19H,3-4,6-7,17-18,20H2,1-2H3. The summed E-state index contributed by atoms with van der Waals surface area (Å²) >= 11 is 0. The lowest BCUT2D eigenvalue weighted by molar-refractivity contribution is 0.0997. The number of aromatic nitrogens is 1. The lowest BCUT2D eigenvalue weighted by Crippen LogP contribution is -2.32. The quantitative estimate of drug-likeness (QED) is 0.516. The van der Waals surface area contributed by atoms with Crippen molar-refractivity contribution in [2.75, 3.05) is 20.2 Å². The molecule has 1 aromatic heterocycles. The van der Waals surface area contributed by atoms with Crippen molar-refractivity contribution in [3.8, 4) is 5.75 Å². The number of carbonyl (C=O) groups is 1. The molecule has 0 saturated carbocycles. The molecule has 1 aliphatic heterocycles. The fourth-order valence-corrected chi connectivity index (χ4v) is 5.89. The van der Waals surface area contributed by atoms with Gasteiger partial charge in [-0.25, -0.2) is 8.42 Å². The average Bonchev–Trinajstić information content (AvgIpc) is 3.16. The first-order valence-electron chi connectivity index (χ1n) is 11.9. The van der Waals surface area contributed by atoms with E-state index in [1.807, 2.05) is 54.1 Å². The molecule has 7 nitrogen and oxygen atoms in total. The molecule has 3 aromatic rings. The minimum Gasteiger partial charge on any atom is -0.495 e. The van der Waals surface area contributed by atoms with Crippen molar-refractivity contribution in [3.05, 3.63) is 89.0 Å². The van der Waals surface area contributed by atoms with E-state index in [0.29, 0.717) is 25.1 Å². The van der Waals surface area contributed by atoms with Gasteiger partial charge >= 0.3 is 0 Å². The van der Waals surface area contributed by atoms with Crippen molar-refractivity contribution < 1.29 is 17.9 Å². The summed E-state index contributed by atoms with van der Waals surface area (Å²) in [5.41, 5.74) is 2.96. The third-order valence-corrected chi connectivity index (χ3v) is 8.12. The first-order valence-corrected chi connectivity index (χ1v) is 13.3. The Morgan fingerprint density at radius 2 is 1.69 bits per heavy atom. The minimum absolute atomic E-state index is 0.00328. The van der Waals surface area contributed by atoms with Gasteiger partial charge in [0.2, 0.25) is 10.0 Å². The van der Waals surface area contributed by atoms with Crippen LogP contribution in [0.5, 0.6) is 5.75 Å². The van der Waals surface area contributed by atoms with E-state index in [-0.39, 0.29) is 16.2 Å². The van der Waals surface area contributed by atoms with Gasteiger partial charge in [-0.05, 0) is 55.7 Å². The van der Waals surface area contributed by atoms with E-state index < -0.39 is 15.9 Å². The number of carbonyl (C=O) groups excluding carboxylic acids is 1. The van der Waals surface area contributed by atoms with Crippen LogP contribution in [0.4, 0.5) is 0 Å². The number of rotatable bonds is 6. The fraction of sp³-hybridized carbons (Fsp3) is 0.333. The molecule has 0 aliphatic carbocycles. The maximum absolute atomic E-state index is 13.4. The molecule has 4 rings (SSSR count). The van der Waals surface area contributed by atoms with Gasteiger partial charge in [-0.1, -0.05) is 48.7 Å². The van der Waals surface area contributed by atoms with Crippen LogP contribution in [0.3, 0.4) is 0 Å². The van der Waals surface area contributed by atoms with E-state index in [1.165, 1.54) is 29.1 Å². The average molecular weight is 494 g/mol. The second kappa shape index (κ2) is 11.0. The molecule has 0 spiro atoms. The van der Waals surface area contributed by atoms with Crippen molar-refractivity contribution in [3.63, 3.8) is 0 Å². The van der Waals surface area contributed by atoms with Crippen LogP contribution >= 0.6 is 0 Å². The van der Waals surface area contributed by atoms with E-state index in [4.69, 9.17) is 4.74 Å². The molecule has 0 radical (unpaired) electrons. The van der Waals surface area contributed by atoms with E-state index in [2.05, 4.69) is 4.99 Å². The molecule has 0 atom stereocenters. The van der Waals surface area contributed by atoms with E-state index in [9.17, 15) is 13.2 Å². The molecule has 1 aliphatic rings. The molecule has 1 fully saturated rings. The zero-order valence-electron chi connectivity index (χ0n) is 20.2. The highest BCUT2D eigenvalue weighted by Gasteiger charge is 2.29. The number of pyridine rings is 1. The maximum Gasteiger partial charge on any atom is 0.278 e. The van der Waals surface area contributed by atoms with E-state index >= 15 is 0 Å². The van der Waals surface area contributed by atoms with Crippen LogP contribution < -0.4 is 10.2 Å². The van der Waals surface area contributed by atoms with Crippen LogP contribution in [-0.2, 0) is 16.6 Å². The van der Waals surface area contributed by atoms with E-state index in [0.717, 1.165) is 31.2 Å². The molecular formula is C27H31N3O4S. The second-order valence-corrected chi connectivity index (χ2v) is 10.7. The number of ether oxygens (including phenoxy) is 1. The monoisotopic (exact) mass is 493 g/mol. The zero-order chi connectivity index (χ0) is 24.8. The van der Waals surface area contributed by atoms with E-state index in [1.54, 1.807) is 12.1 Å². The number of hydrogen-bond donors (Lipinski definition) is 0. The summed E-state index contributed by atoms with van der Waals surface area (Å²) in [6.07, 6.45) is 5.55.